The number of aromatic nitrogens is 3. The summed E-state index contributed by atoms with van der Waals surface area (Å²) in [5, 5.41) is 8.66. The minimum absolute atomic E-state index is 0.0388. The van der Waals surface area contributed by atoms with Crippen molar-refractivity contribution < 1.29 is 13.2 Å². The van der Waals surface area contributed by atoms with Crippen molar-refractivity contribution in [1.82, 2.24) is 25.2 Å². The number of sulfonamides is 1. The molecule has 0 aliphatic heterocycles. The van der Waals surface area contributed by atoms with Crippen LogP contribution >= 0.6 is 0 Å². The van der Waals surface area contributed by atoms with Crippen LogP contribution in [-0.2, 0) is 10.0 Å². The minimum Gasteiger partial charge on any atom is -0.348 e. The zero-order valence-electron chi connectivity index (χ0n) is 8.94. The Hall–Kier alpha value is -1.48. The smallest absolute Gasteiger partial charge is 0.291 e. The first-order valence-corrected chi connectivity index (χ1v) is 6.39. The molecule has 8 nitrogen and oxygen atoms in total. The van der Waals surface area contributed by atoms with E-state index in [1.807, 2.05) is 0 Å². The van der Waals surface area contributed by atoms with Gasteiger partial charge < -0.3 is 5.32 Å². The summed E-state index contributed by atoms with van der Waals surface area (Å²) in [6, 6.07) is 0. The zero-order chi connectivity index (χ0) is 12.2. The zero-order valence-corrected chi connectivity index (χ0v) is 9.76. The van der Waals surface area contributed by atoms with Crippen molar-refractivity contribution in [3.05, 3.63) is 11.6 Å². The van der Waals surface area contributed by atoms with Crippen molar-refractivity contribution in [3.8, 4) is 0 Å². The van der Waals surface area contributed by atoms with Gasteiger partial charge in [-0.2, -0.15) is 0 Å². The molecule has 1 amide bonds. The lowest BCUT2D eigenvalue weighted by Gasteiger charge is -2.02. The molecule has 0 spiro atoms. The Bertz CT molecular complexity index is 466. The number of carbonyl (C=O) groups is 1. The molecule has 0 fully saturated rings. The number of aryl methyl sites for hydroxylation is 1. The first-order chi connectivity index (χ1) is 7.38. The van der Waals surface area contributed by atoms with E-state index in [0.29, 0.717) is 5.82 Å². The van der Waals surface area contributed by atoms with E-state index in [4.69, 9.17) is 0 Å². The van der Waals surface area contributed by atoms with Gasteiger partial charge >= 0.3 is 0 Å². The summed E-state index contributed by atoms with van der Waals surface area (Å²) in [6.07, 6.45) is 1.05. The second-order valence-electron chi connectivity index (χ2n) is 3.17. The fraction of sp³-hybridized carbons (Fsp3) is 0.571. The number of amides is 1. The number of hydrogen-bond acceptors (Lipinski definition) is 5. The molecule has 0 atom stereocenters. The molecule has 90 valence electrons. The van der Waals surface area contributed by atoms with Gasteiger partial charge in [-0.25, -0.2) is 18.1 Å². The van der Waals surface area contributed by atoms with Crippen molar-refractivity contribution in [2.24, 2.45) is 0 Å². The third-order valence-electron chi connectivity index (χ3n) is 1.58. The third-order valence-corrected chi connectivity index (χ3v) is 2.30. The van der Waals surface area contributed by atoms with Gasteiger partial charge in [-0.1, -0.05) is 0 Å². The molecule has 0 unspecified atom stereocenters. The van der Waals surface area contributed by atoms with Crippen LogP contribution in [0.5, 0.6) is 0 Å². The Balaban J connectivity index is 2.31. The topological polar surface area (TPSA) is 117 Å². The van der Waals surface area contributed by atoms with Gasteiger partial charge in [0.2, 0.25) is 15.8 Å². The predicted octanol–water partition coefficient (Wildman–Crippen LogP) is -1.61. The van der Waals surface area contributed by atoms with E-state index >= 15 is 0 Å². The molecule has 0 aliphatic carbocycles. The summed E-state index contributed by atoms with van der Waals surface area (Å²) < 4.78 is 23.6. The highest BCUT2D eigenvalue weighted by atomic mass is 32.2. The van der Waals surface area contributed by atoms with Crippen LogP contribution in [0.3, 0.4) is 0 Å². The fourth-order valence-corrected chi connectivity index (χ4v) is 1.41. The molecular formula is C7H13N5O3S. The van der Waals surface area contributed by atoms with Gasteiger partial charge in [0.25, 0.3) is 5.91 Å². The lowest BCUT2D eigenvalue weighted by molar-refractivity contribution is 0.0944. The van der Waals surface area contributed by atoms with Gasteiger partial charge in [0.1, 0.15) is 5.82 Å². The Morgan fingerprint density at radius 2 is 2.12 bits per heavy atom. The molecule has 0 aromatic carbocycles. The van der Waals surface area contributed by atoms with Crippen molar-refractivity contribution in [2.75, 3.05) is 19.3 Å². The number of H-pyrrole nitrogens is 1. The number of carbonyl (C=O) groups excluding carboxylic acids is 1. The second-order valence-corrected chi connectivity index (χ2v) is 5.00. The summed E-state index contributed by atoms with van der Waals surface area (Å²) in [4.78, 5) is 15.2. The van der Waals surface area contributed by atoms with Crippen molar-refractivity contribution in [1.29, 1.82) is 0 Å². The summed E-state index contributed by atoms with van der Waals surface area (Å²) in [7, 11) is -3.22. The average Bonchev–Trinajstić information content (AvgIpc) is 2.57. The maximum absolute atomic E-state index is 11.3. The first kappa shape index (κ1) is 12.6. The fourth-order valence-electron chi connectivity index (χ4n) is 0.936. The molecule has 3 N–H and O–H groups in total. The van der Waals surface area contributed by atoms with Crippen LogP contribution in [0.1, 0.15) is 16.4 Å². The van der Waals surface area contributed by atoms with Crippen LogP contribution in [-0.4, -0.2) is 48.9 Å². The largest absolute Gasteiger partial charge is 0.348 e. The lowest BCUT2D eigenvalue weighted by Crippen LogP contribution is -2.34. The summed E-state index contributed by atoms with van der Waals surface area (Å²) in [6.45, 7) is 1.99. The maximum Gasteiger partial charge on any atom is 0.291 e. The van der Waals surface area contributed by atoms with E-state index in [0.717, 1.165) is 6.26 Å². The molecule has 0 radical (unpaired) electrons. The van der Waals surface area contributed by atoms with Gasteiger partial charge in [-0.05, 0) is 6.92 Å². The van der Waals surface area contributed by atoms with Crippen LogP contribution in [0.25, 0.3) is 0 Å². The SMILES string of the molecule is Cc1nc(C(=O)NCCNS(C)(=O)=O)n[nH]1. The van der Waals surface area contributed by atoms with E-state index in [2.05, 4.69) is 25.2 Å². The second kappa shape index (κ2) is 5.03. The first-order valence-electron chi connectivity index (χ1n) is 4.50. The van der Waals surface area contributed by atoms with Crippen molar-refractivity contribution in [3.63, 3.8) is 0 Å². The highest BCUT2D eigenvalue weighted by molar-refractivity contribution is 7.88. The Morgan fingerprint density at radius 1 is 1.44 bits per heavy atom. The molecule has 16 heavy (non-hydrogen) atoms. The molecule has 0 aliphatic rings. The molecule has 0 saturated carbocycles. The predicted molar refractivity (Wildman–Crippen MR) is 56.3 cm³/mol. The Labute approximate surface area is 92.9 Å². The van der Waals surface area contributed by atoms with Gasteiger partial charge in [0.05, 0.1) is 6.26 Å². The number of nitrogens with one attached hydrogen (secondary N) is 3. The third kappa shape index (κ3) is 4.36. The van der Waals surface area contributed by atoms with Crippen LogP contribution < -0.4 is 10.0 Å². The molecule has 0 bridgehead atoms. The Morgan fingerprint density at radius 3 is 2.62 bits per heavy atom. The number of aromatic amines is 1. The van der Waals surface area contributed by atoms with E-state index in [1.165, 1.54) is 0 Å². The van der Waals surface area contributed by atoms with E-state index in [-0.39, 0.29) is 18.9 Å². The van der Waals surface area contributed by atoms with Crippen molar-refractivity contribution in [2.45, 2.75) is 6.92 Å². The van der Waals surface area contributed by atoms with E-state index in [9.17, 15) is 13.2 Å². The highest BCUT2D eigenvalue weighted by Crippen LogP contribution is 1.89. The van der Waals surface area contributed by atoms with Crippen LogP contribution in [0.15, 0.2) is 0 Å². The molecule has 1 heterocycles. The van der Waals surface area contributed by atoms with Crippen LogP contribution in [0.4, 0.5) is 0 Å². The highest BCUT2D eigenvalue weighted by Gasteiger charge is 2.10. The van der Waals surface area contributed by atoms with E-state index < -0.39 is 15.9 Å². The summed E-state index contributed by atoms with van der Waals surface area (Å²) in [5.74, 6) is 0.135. The molecule has 9 heteroatoms. The molecule has 0 saturated heterocycles. The molecule has 1 rings (SSSR count). The standard InChI is InChI=1S/C7H13N5O3S/c1-5-10-6(12-11-5)7(13)8-3-4-9-16(2,14)15/h9H,3-4H2,1-2H3,(H,8,13)(H,10,11,12). The van der Waals surface area contributed by atoms with Crippen LogP contribution in [0.2, 0.25) is 0 Å². The van der Waals surface area contributed by atoms with Gasteiger partial charge in [0.15, 0.2) is 0 Å². The quantitative estimate of drug-likeness (QED) is 0.541. The average molecular weight is 247 g/mol. The van der Waals surface area contributed by atoms with Gasteiger partial charge in [-0.15, -0.1) is 5.10 Å². The monoisotopic (exact) mass is 247 g/mol. The summed E-state index contributed by atoms with van der Waals surface area (Å²) >= 11 is 0. The van der Waals surface area contributed by atoms with Crippen molar-refractivity contribution >= 4 is 15.9 Å². The normalized spacial score (nSPS) is 11.4. The number of hydrogen-bond donors (Lipinski definition) is 3. The summed E-state index contributed by atoms with van der Waals surface area (Å²) in [5.41, 5.74) is 0. The Kier molecular flexibility index (Phi) is 3.96. The van der Waals surface area contributed by atoms with Gasteiger partial charge in [-0.3, -0.25) is 9.89 Å². The van der Waals surface area contributed by atoms with Gasteiger partial charge in [0, 0.05) is 13.1 Å². The minimum atomic E-state index is -3.22. The lowest BCUT2D eigenvalue weighted by atomic mass is 10.5. The molecule has 1 aromatic heterocycles. The number of rotatable bonds is 5. The number of nitrogens with zero attached hydrogens (tertiary/aromatic N) is 2. The van der Waals surface area contributed by atoms with Crippen LogP contribution in [0, 0.1) is 6.92 Å². The maximum atomic E-state index is 11.3. The molecular weight excluding hydrogens is 234 g/mol. The molecule has 1 aromatic rings. The van der Waals surface area contributed by atoms with E-state index in [1.54, 1.807) is 6.92 Å².